The summed E-state index contributed by atoms with van der Waals surface area (Å²) in [4.78, 5) is 8.81. The zero-order valence-electron chi connectivity index (χ0n) is 10.5. The SMILES string of the molecule is C=N/C(=C/C)C1=CCC(C2=CC=CC2)N=C1C. The van der Waals surface area contributed by atoms with Gasteiger partial charge in [-0.15, -0.1) is 0 Å². The largest absolute Gasteiger partial charge is 0.281 e. The topological polar surface area (TPSA) is 24.7 Å². The molecule has 0 aromatic rings. The second-order valence-corrected chi connectivity index (χ2v) is 4.29. The highest BCUT2D eigenvalue weighted by atomic mass is 14.8. The average Bonchev–Trinajstić information content (AvgIpc) is 2.86. The number of hydrogen-bond acceptors (Lipinski definition) is 2. The maximum absolute atomic E-state index is 4.77. The molecule has 0 saturated heterocycles. The van der Waals surface area contributed by atoms with Gasteiger partial charge in [-0.25, -0.2) is 0 Å². The smallest absolute Gasteiger partial charge is 0.0753 e. The molecule has 2 nitrogen and oxygen atoms in total. The van der Waals surface area contributed by atoms with Crippen LogP contribution in [0.3, 0.4) is 0 Å². The van der Waals surface area contributed by atoms with E-state index in [0.717, 1.165) is 29.8 Å². The van der Waals surface area contributed by atoms with E-state index in [2.05, 4.69) is 42.9 Å². The molecule has 0 N–H and O–H groups in total. The summed E-state index contributed by atoms with van der Waals surface area (Å²) in [7, 11) is 0. The summed E-state index contributed by atoms with van der Waals surface area (Å²) in [6.45, 7) is 7.63. The quantitative estimate of drug-likeness (QED) is 0.656. The van der Waals surface area contributed by atoms with E-state index in [4.69, 9.17) is 4.99 Å². The highest BCUT2D eigenvalue weighted by molar-refractivity contribution is 6.03. The fourth-order valence-electron chi connectivity index (χ4n) is 2.30. The summed E-state index contributed by atoms with van der Waals surface area (Å²) in [6.07, 6.45) is 12.7. The first kappa shape index (κ1) is 11.8. The molecule has 17 heavy (non-hydrogen) atoms. The summed E-state index contributed by atoms with van der Waals surface area (Å²) in [5.41, 5.74) is 4.54. The van der Waals surface area contributed by atoms with Crippen LogP contribution in [-0.2, 0) is 0 Å². The highest BCUT2D eigenvalue weighted by Gasteiger charge is 2.19. The fraction of sp³-hybridized carbons (Fsp3) is 0.333. The van der Waals surface area contributed by atoms with Crippen LogP contribution in [0, 0.1) is 0 Å². The van der Waals surface area contributed by atoms with Gasteiger partial charge in [-0.05, 0) is 39.0 Å². The van der Waals surface area contributed by atoms with Gasteiger partial charge in [0, 0.05) is 11.3 Å². The predicted molar refractivity (Wildman–Crippen MR) is 74.7 cm³/mol. The maximum Gasteiger partial charge on any atom is 0.0753 e. The Hall–Kier alpha value is -1.70. The molecule has 2 aliphatic rings. The lowest BCUT2D eigenvalue weighted by atomic mass is 9.95. The number of aliphatic imine (C=N–C) groups is 2. The van der Waals surface area contributed by atoms with Crippen molar-refractivity contribution in [1.82, 2.24) is 0 Å². The molecule has 0 aromatic carbocycles. The first-order valence-corrected chi connectivity index (χ1v) is 6.00. The number of nitrogens with zero attached hydrogens (tertiary/aromatic N) is 2. The molecule has 1 atom stereocenters. The lowest BCUT2D eigenvalue weighted by molar-refractivity contribution is 0.759. The van der Waals surface area contributed by atoms with Crippen molar-refractivity contribution in [3.63, 3.8) is 0 Å². The maximum atomic E-state index is 4.77. The molecule has 0 radical (unpaired) electrons. The molecule has 1 aliphatic heterocycles. The minimum absolute atomic E-state index is 0.316. The van der Waals surface area contributed by atoms with E-state index in [1.807, 2.05) is 13.0 Å². The molecule has 0 bridgehead atoms. The second-order valence-electron chi connectivity index (χ2n) is 4.29. The Morgan fingerprint density at radius 3 is 2.94 bits per heavy atom. The molecule has 0 aromatic heterocycles. The van der Waals surface area contributed by atoms with E-state index < -0.39 is 0 Å². The van der Waals surface area contributed by atoms with Crippen molar-refractivity contribution in [3.8, 4) is 0 Å². The van der Waals surface area contributed by atoms with Gasteiger partial charge >= 0.3 is 0 Å². The van der Waals surface area contributed by atoms with Crippen LogP contribution in [0.4, 0.5) is 0 Å². The van der Waals surface area contributed by atoms with Gasteiger partial charge in [0.2, 0.25) is 0 Å². The molecule has 1 unspecified atom stereocenters. The first-order chi connectivity index (χ1) is 8.26. The standard InChI is InChI=1S/C15H18N2/c1-4-14(16-3)13-9-10-15(17-11(13)2)12-7-5-6-8-12/h4-7,9,15H,3,8,10H2,1-2H3/b14-4+. The van der Waals surface area contributed by atoms with E-state index in [-0.39, 0.29) is 0 Å². The normalized spacial score (nSPS) is 24.2. The van der Waals surface area contributed by atoms with Gasteiger partial charge in [0.1, 0.15) is 0 Å². The van der Waals surface area contributed by atoms with Crippen LogP contribution < -0.4 is 0 Å². The van der Waals surface area contributed by atoms with Gasteiger partial charge in [0.25, 0.3) is 0 Å². The van der Waals surface area contributed by atoms with Crippen LogP contribution >= 0.6 is 0 Å². The Kier molecular flexibility index (Phi) is 3.52. The zero-order chi connectivity index (χ0) is 12.3. The Balaban J connectivity index is 2.18. The summed E-state index contributed by atoms with van der Waals surface area (Å²) in [6, 6.07) is 0.316. The van der Waals surface area contributed by atoms with Crippen LogP contribution in [0.5, 0.6) is 0 Å². The van der Waals surface area contributed by atoms with Gasteiger partial charge in [0.15, 0.2) is 0 Å². The van der Waals surface area contributed by atoms with Gasteiger partial charge in [-0.1, -0.05) is 30.4 Å². The van der Waals surface area contributed by atoms with Gasteiger partial charge in [-0.3, -0.25) is 9.98 Å². The van der Waals surface area contributed by atoms with Crippen molar-refractivity contribution >= 4 is 12.4 Å². The molecular weight excluding hydrogens is 208 g/mol. The predicted octanol–water partition coefficient (Wildman–Crippen LogP) is 3.64. The number of dihydropyridines is 1. The molecule has 88 valence electrons. The van der Waals surface area contributed by atoms with Crippen molar-refractivity contribution in [1.29, 1.82) is 0 Å². The molecular formula is C15H18N2. The van der Waals surface area contributed by atoms with E-state index in [0.29, 0.717) is 6.04 Å². The minimum Gasteiger partial charge on any atom is -0.281 e. The Morgan fingerprint density at radius 2 is 2.41 bits per heavy atom. The third-order valence-corrected chi connectivity index (χ3v) is 3.23. The third kappa shape index (κ3) is 2.36. The van der Waals surface area contributed by atoms with Crippen LogP contribution in [0.2, 0.25) is 0 Å². The second kappa shape index (κ2) is 5.09. The molecule has 2 heteroatoms. The van der Waals surface area contributed by atoms with E-state index in [1.165, 1.54) is 5.57 Å². The number of allylic oxidation sites excluding steroid dienone is 5. The number of rotatable bonds is 3. The fourth-order valence-corrected chi connectivity index (χ4v) is 2.30. The summed E-state index contributed by atoms with van der Waals surface area (Å²) in [5.74, 6) is 0. The van der Waals surface area contributed by atoms with Gasteiger partial charge in [0.05, 0.1) is 11.7 Å². The van der Waals surface area contributed by atoms with Crippen LogP contribution in [0.15, 0.2) is 57.2 Å². The highest BCUT2D eigenvalue weighted by Crippen LogP contribution is 2.27. The molecule has 2 rings (SSSR count). The first-order valence-electron chi connectivity index (χ1n) is 6.00. The average molecular weight is 226 g/mol. The third-order valence-electron chi connectivity index (χ3n) is 3.23. The molecule has 0 saturated carbocycles. The Morgan fingerprint density at radius 1 is 1.59 bits per heavy atom. The van der Waals surface area contributed by atoms with Crippen LogP contribution in [0.1, 0.15) is 26.7 Å². The van der Waals surface area contributed by atoms with Crippen LogP contribution in [0.25, 0.3) is 0 Å². The van der Waals surface area contributed by atoms with Crippen molar-refractivity contribution in [2.75, 3.05) is 0 Å². The van der Waals surface area contributed by atoms with Gasteiger partial charge < -0.3 is 0 Å². The monoisotopic (exact) mass is 226 g/mol. The molecule has 0 amide bonds. The van der Waals surface area contributed by atoms with E-state index in [9.17, 15) is 0 Å². The van der Waals surface area contributed by atoms with E-state index in [1.54, 1.807) is 0 Å². The number of hydrogen-bond donors (Lipinski definition) is 0. The van der Waals surface area contributed by atoms with Crippen molar-refractivity contribution in [3.05, 3.63) is 47.2 Å². The Labute approximate surface area is 103 Å². The molecule has 0 spiro atoms. The van der Waals surface area contributed by atoms with E-state index >= 15 is 0 Å². The molecule has 1 aliphatic carbocycles. The van der Waals surface area contributed by atoms with Crippen molar-refractivity contribution in [2.45, 2.75) is 32.7 Å². The Bertz CT molecular complexity index is 473. The minimum atomic E-state index is 0.316. The van der Waals surface area contributed by atoms with Crippen molar-refractivity contribution < 1.29 is 0 Å². The lowest BCUT2D eigenvalue weighted by Crippen LogP contribution is -2.16. The summed E-state index contributed by atoms with van der Waals surface area (Å²) in [5, 5.41) is 0. The van der Waals surface area contributed by atoms with Crippen LogP contribution in [-0.4, -0.2) is 18.5 Å². The summed E-state index contributed by atoms with van der Waals surface area (Å²) >= 11 is 0. The lowest BCUT2D eigenvalue weighted by Gasteiger charge is -2.20. The molecule has 1 heterocycles. The van der Waals surface area contributed by atoms with Crippen molar-refractivity contribution in [2.24, 2.45) is 9.98 Å². The van der Waals surface area contributed by atoms with Gasteiger partial charge in [-0.2, -0.15) is 0 Å². The summed E-state index contributed by atoms with van der Waals surface area (Å²) < 4.78 is 0. The molecule has 0 fully saturated rings. The zero-order valence-corrected chi connectivity index (χ0v) is 10.5.